The lowest BCUT2D eigenvalue weighted by molar-refractivity contribution is -0.135. The van der Waals surface area contributed by atoms with E-state index in [1.807, 2.05) is 0 Å². The molecule has 0 fully saturated rings. The summed E-state index contributed by atoms with van der Waals surface area (Å²) < 4.78 is 89.9. The van der Waals surface area contributed by atoms with E-state index in [-0.39, 0.29) is 27.8 Å². The predicted molar refractivity (Wildman–Crippen MR) is 88.2 cm³/mol. The number of hydrogen-bond donors (Lipinski definition) is 0. The third-order valence-corrected chi connectivity index (χ3v) is 4.68. The highest BCUT2D eigenvalue weighted by Crippen LogP contribution is 2.41. The zero-order chi connectivity index (χ0) is 19.8. The molecule has 0 unspecified atom stereocenters. The van der Waals surface area contributed by atoms with Gasteiger partial charge in [0.05, 0.1) is 5.69 Å². The molecule has 0 radical (unpaired) electrons. The molecule has 0 aliphatic heterocycles. The molecule has 0 saturated carbocycles. The Morgan fingerprint density at radius 3 is 2.26 bits per heavy atom. The molecule has 0 N–H and O–H groups in total. The Balaban J connectivity index is 2.05. The molecule has 1 heterocycles. The van der Waals surface area contributed by atoms with E-state index < -0.39 is 46.4 Å². The van der Waals surface area contributed by atoms with Gasteiger partial charge in [-0.3, -0.25) is 0 Å². The van der Waals surface area contributed by atoms with Crippen LogP contribution in [0, 0.1) is 17.5 Å². The Morgan fingerprint density at radius 2 is 1.67 bits per heavy atom. The van der Waals surface area contributed by atoms with E-state index >= 15 is 0 Å². The van der Waals surface area contributed by atoms with Gasteiger partial charge in [0.25, 0.3) is 0 Å². The highest BCUT2D eigenvalue weighted by Gasteiger charge is 2.38. The maximum atomic E-state index is 14.2. The fourth-order valence-electron chi connectivity index (χ4n) is 2.32. The molecule has 0 aliphatic carbocycles. The molecule has 1 aromatic heterocycles. The van der Waals surface area contributed by atoms with Crippen LogP contribution >= 0.6 is 23.1 Å². The van der Waals surface area contributed by atoms with Gasteiger partial charge in [0.2, 0.25) is 0 Å². The molecule has 0 saturated heterocycles. The van der Waals surface area contributed by atoms with Crippen LogP contribution in [0.15, 0.2) is 36.4 Å². The minimum Gasteiger partial charge on any atom is -0.483 e. The van der Waals surface area contributed by atoms with E-state index in [1.165, 1.54) is 12.1 Å². The average molecular weight is 424 g/mol. The Morgan fingerprint density at radius 1 is 1.00 bits per heavy atom. The number of nitrogens with zero attached hydrogens (tertiary/aromatic N) is 1. The molecular formula is C17H8ClF6NOS. The van der Waals surface area contributed by atoms with Crippen molar-refractivity contribution in [2.24, 2.45) is 0 Å². The maximum absolute atomic E-state index is 14.2. The van der Waals surface area contributed by atoms with Crippen molar-refractivity contribution in [1.82, 2.24) is 4.37 Å². The Kier molecular flexibility index (Phi) is 5.34. The SMILES string of the molecule is Fc1cc(Cl)ccc1-c1nsc(C(F)(F)F)c1COc1c(F)cccc1F. The van der Waals surface area contributed by atoms with Crippen LogP contribution in [0.2, 0.25) is 5.02 Å². The number of rotatable bonds is 4. The lowest BCUT2D eigenvalue weighted by atomic mass is 10.1. The summed E-state index contributed by atoms with van der Waals surface area (Å²) in [5.74, 6) is -3.88. The zero-order valence-electron chi connectivity index (χ0n) is 13.1. The summed E-state index contributed by atoms with van der Waals surface area (Å²) in [6.07, 6.45) is -4.80. The van der Waals surface area contributed by atoms with Crippen molar-refractivity contribution in [3.8, 4) is 17.0 Å². The fourth-order valence-corrected chi connectivity index (χ4v) is 3.24. The number of hydrogen-bond acceptors (Lipinski definition) is 3. The van der Waals surface area contributed by atoms with Gasteiger partial charge in [0.1, 0.15) is 17.3 Å². The lowest BCUT2D eigenvalue weighted by Crippen LogP contribution is -2.09. The topological polar surface area (TPSA) is 22.1 Å². The summed E-state index contributed by atoms with van der Waals surface area (Å²) in [5.41, 5.74) is -1.10. The highest BCUT2D eigenvalue weighted by atomic mass is 35.5. The van der Waals surface area contributed by atoms with Crippen molar-refractivity contribution >= 4 is 23.1 Å². The van der Waals surface area contributed by atoms with Gasteiger partial charge in [-0.05, 0) is 41.9 Å². The minimum absolute atomic E-state index is 0.0498. The second-order valence-electron chi connectivity index (χ2n) is 5.30. The minimum atomic E-state index is -4.80. The van der Waals surface area contributed by atoms with Crippen LogP contribution in [0.1, 0.15) is 10.4 Å². The largest absolute Gasteiger partial charge is 0.483 e. The Bertz CT molecular complexity index is 968. The molecule has 0 aliphatic rings. The number of para-hydroxylation sites is 1. The summed E-state index contributed by atoms with van der Waals surface area (Å²) in [6, 6.07) is 6.25. The first kappa shape index (κ1) is 19.5. The van der Waals surface area contributed by atoms with E-state index in [4.69, 9.17) is 16.3 Å². The monoisotopic (exact) mass is 423 g/mol. The highest BCUT2D eigenvalue weighted by molar-refractivity contribution is 7.06. The molecule has 3 aromatic rings. The normalized spacial score (nSPS) is 11.7. The van der Waals surface area contributed by atoms with E-state index in [2.05, 4.69) is 4.37 Å². The van der Waals surface area contributed by atoms with Crippen molar-refractivity contribution in [1.29, 1.82) is 0 Å². The number of alkyl halides is 3. The van der Waals surface area contributed by atoms with Crippen molar-refractivity contribution in [3.05, 3.63) is 69.3 Å². The van der Waals surface area contributed by atoms with Crippen molar-refractivity contribution in [2.75, 3.05) is 0 Å². The number of aromatic nitrogens is 1. The van der Waals surface area contributed by atoms with E-state index in [0.717, 1.165) is 24.3 Å². The Hall–Kier alpha value is -2.26. The van der Waals surface area contributed by atoms with Crippen LogP contribution in [0.5, 0.6) is 5.75 Å². The van der Waals surface area contributed by atoms with Crippen LogP contribution in [-0.4, -0.2) is 4.37 Å². The van der Waals surface area contributed by atoms with Gasteiger partial charge in [-0.15, -0.1) is 0 Å². The van der Waals surface area contributed by atoms with Gasteiger partial charge in [-0.25, -0.2) is 13.2 Å². The molecule has 0 amide bonds. The molecule has 142 valence electrons. The quantitative estimate of drug-likeness (QED) is 0.448. The van der Waals surface area contributed by atoms with Crippen LogP contribution in [-0.2, 0) is 12.8 Å². The van der Waals surface area contributed by atoms with E-state index in [0.29, 0.717) is 0 Å². The average Bonchev–Trinajstić information content (AvgIpc) is 2.98. The number of halogens is 7. The van der Waals surface area contributed by atoms with Gasteiger partial charge in [-0.2, -0.15) is 17.5 Å². The molecular weight excluding hydrogens is 416 g/mol. The van der Waals surface area contributed by atoms with Crippen molar-refractivity contribution in [3.63, 3.8) is 0 Å². The molecule has 2 nitrogen and oxygen atoms in total. The van der Waals surface area contributed by atoms with Crippen molar-refractivity contribution < 1.29 is 31.1 Å². The first-order valence-electron chi connectivity index (χ1n) is 7.26. The summed E-state index contributed by atoms with van der Waals surface area (Å²) in [7, 11) is 0. The van der Waals surface area contributed by atoms with Crippen LogP contribution in [0.4, 0.5) is 26.3 Å². The first-order chi connectivity index (χ1) is 12.7. The van der Waals surface area contributed by atoms with Crippen LogP contribution in [0.3, 0.4) is 0 Å². The summed E-state index contributed by atoms with van der Waals surface area (Å²) in [6.45, 7) is -0.861. The van der Waals surface area contributed by atoms with E-state index in [9.17, 15) is 26.3 Å². The Labute approximate surface area is 158 Å². The van der Waals surface area contributed by atoms with Gasteiger partial charge in [-0.1, -0.05) is 17.7 Å². The summed E-state index contributed by atoms with van der Waals surface area (Å²) in [4.78, 5) is -1.15. The van der Waals surface area contributed by atoms with Gasteiger partial charge >= 0.3 is 6.18 Å². The van der Waals surface area contributed by atoms with E-state index in [1.54, 1.807) is 0 Å². The van der Waals surface area contributed by atoms with Gasteiger partial charge in [0, 0.05) is 16.1 Å². The lowest BCUT2D eigenvalue weighted by Gasteiger charge is -2.12. The number of ether oxygens (including phenoxy) is 1. The third-order valence-electron chi connectivity index (χ3n) is 3.51. The molecule has 3 rings (SSSR count). The fraction of sp³-hybridized carbons (Fsp3) is 0.118. The first-order valence-corrected chi connectivity index (χ1v) is 8.41. The number of benzene rings is 2. The van der Waals surface area contributed by atoms with Gasteiger partial charge in [0.15, 0.2) is 17.4 Å². The van der Waals surface area contributed by atoms with Crippen LogP contribution < -0.4 is 4.74 Å². The molecule has 0 bridgehead atoms. The van der Waals surface area contributed by atoms with Gasteiger partial charge < -0.3 is 4.74 Å². The predicted octanol–water partition coefficient (Wildman–Crippen LogP) is 6.48. The second kappa shape index (κ2) is 7.40. The molecule has 0 atom stereocenters. The second-order valence-corrected chi connectivity index (χ2v) is 6.51. The van der Waals surface area contributed by atoms with Crippen LogP contribution in [0.25, 0.3) is 11.3 Å². The standard InChI is InChI=1S/C17H8ClF6NOS/c18-8-4-5-9(13(21)6-8)14-10(16(27-25-14)17(22,23)24)7-26-15-11(19)2-1-3-12(15)20/h1-6H,7H2. The summed E-state index contributed by atoms with van der Waals surface area (Å²) >= 11 is 5.74. The molecule has 10 heteroatoms. The smallest absolute Gasteiger partial charge is 0.427 e. The molecule has 0 spiro atoms. The molecule has 27 heavy (non-hydrogen) atoms. The maximum Gasteiger partial charge on any atom is 0.427 e. The summed E-state index contributed by atoms with van der Waals surface area (Å²) in [5, 5.41) is 0.0498. The third kappa shape index (κ3) is 4.03. The van der Waals surface area contributed by atoms with Crippen molar-refractivity contribution in [2.45, 2.75) is 12.8 Å². The molecule has 2 aromatic carbocycles. The zero-order valence-corrected chi connectivity index (χ0v) is 14.7.